The zero-order chi connectivity index (χ0) is 28.2. The molecule has 0 bridgehead atoms. The molecular formula is C32H31N3O4S. The Hall–Kier alpha value is -4.43. The topological polar surface area (TPSA) is 81.9 Å². The van der Waals surface area contributed by atoms with E-state index < -0.39 is 6.04 Å². The van der Waals surface area contributed by atoms with Crippen LogP contribution in [0.4, 0.5) is 5.69 Å². The molecule has 0 radical (unpaired) electrons. The lowest BCUT2D eigenvalue weighted by atomic mass is 9.95. The second kappa shape index (κ2) is 11.8. The summed E-state index contributed by atoms with van der Waals surface area (Å²) in [5.41, 5.74) is 3.11. The van der Waals surface area contributed by atoms with Crippen LogP contribution in [0.15, 0.2) is 99.9 Å². The van der Waals surface area contributed by atoms with Crippen molar-refractivity contribution in [3.8, 4) is 11.5 Å². The molecular weight excluding hydrogens is 522 g/mol. The van der Waals surface area contributed by atoms with Gasteiger partial charge in [0.1, 0.15) is 11.5 Å². The first kappa shape index (κ1) is 27.1. The van der Waals surface area contributed by atoms with Gasteiger partial charge in [0.05, 0.1) is 34.6 Å². The number of hydrogen-bond donors (Lipinski definition) is 1. The number of carbonyl (C=O) groups is 1. The highest BCUT2D eigenvalue weighted by Crippen LogP contribution is 2.31. The molecule has 7 nitrogen and oxygen atoms in total. The van der Waals surface area contributed by atoms with Crippen molar-refractivity contribution < 1.29 is 14.3 Å². The number of nitrogens with zero attached hydrogens (tertiary/aromatic N) is 2. The monoisotopic (exact) mass is 553 g/mol. The Kier molecular flexibility index (Phi) is 7.98. The highest BCUT2D eigenvalue weighted by Gasteiger charge is 2.32. The number of nitrogens with one attached hydrogen (secondary N) is 1. The molecule has 204 valence electrons. The van der Waals surface area contributed by atoms with Crippen LogP contribution in [-0.4, -0.2) is 23.2 Å². The van der Waals surface area contributed by atoms with Crippen molar-refractivity contribution in [3.63, 3.8) is 0 Å². The quantitative estimate of drug-likeness (QED) is 0.331. The van der Waals surface area contributed by atoms with E-state index in [1.165, 1.54) is 11.3 Å². The maximum absolute atomic E-state index is 13.9. The third-order valence-corrected chi connectivity index (χ3v) is 7.34. The van der Waals surface area contributed by atoms with Crippen molar-refractivity contribution in [1.29, 1.82) is 0 Å². The summed E-state index contributed by atoms with van der Waals surface area (Å²) in [7, 11) is 0. The fraction of sp³-hybridized carbons (Fsp3) is 0.219. The minimum absolute atomic E-state index is 0.0775. The third-order valence-electron chi connectivity index (χ3n) is 6.35. The van der Waals surface area contributed by atoms with Gasteiger partial charge >= 0.3 is 0 Å². The molecule has 0 aliphatic carbocycles. The van der Waals surface area contributed by atoms with E-state index in [0.717, 1.165) is 22.6 Å². The highest BCUT2D eigenvalue weighted by atomic mass is 32.1. The van der Waals surface area contributed by atoms with E-state index in [1.54, 1.807) is 4.57 Å². The van der Waals surface area contributed by atoms with Crippen LogP contribution in [0.25, 0.3) is 6.08 Å². The summed E-state index contributed by atoms with van der Waals surface area (Å²) in [5, 5.41) is 2.98. The van der Waals surface area contributed by atoms with Crippen LogP contribution in [0.1, 0.15) is 44.9 Å². The van der Waals surface area contributed by atoms with E-state index in [1.807, 2.05) is 113 Å². The number of ether oxygens (including phenoxy) is 2. The molecule has 3 aromatic carbocycles. The van der Waals surface area contributed by atoms with E-state index >= 15 is 0 Å². The van der Waals surface area contributed by atoms with Gasteiger partial charge in [-0.15, -0.1) is 0 Å². The fourth-order valence-corrected chi connectivity index (χ4v) is 5.67. The molecule has 1 amide bonds. The summed E-state index contributed by atoms with van der Waals surface area (Å²) < 4.78 is 13.5. The Balaban J connectivity index is 1.60. The van der Waals surface area contributed by atoms with Crippen LogP contribution >= 0.6 is 11.3 Å². The lowest BCUT2D eigenvalue weighted by Gasteiger charge is -2.25. The average Bonchev–Trinajstić information content (AvgIpc) is 3.24. The van der Waals surface area contributed by atoms with Gasteiger partial charge in [-0.1, -0.05) is 53.8 Å². The van der Waals surface area contributed by atoms with Crippen molar-refractivity contribution in [2.45, 2.75) is 39.8 Å². The van der Waals surface area contributed by atoms with Gasteiger partial charge in [-0.25, -0.2) is 4.99 Å². The molecule has 4 aromatic rings. The first-order valence-corrected chi connectivity index (χ1v) is 14.0. The van der Waals surface area contributed by atoms with Gasteiger partial charge in [0.2, 0.25) is 0 Å². The molecule has 0 saturated carbocycles. The van der Waals surface area contributed by atoms with Crippen molar-refractivity contribution >= 4 is 29.0 Å². The van der Waals surface area contributed by atoms with Crippen molar-refractivity contribution in [2.75, 3.05) is 11.9 Å². The Morgan fingerprint density at radius 2 is 1.70 bits per heavy atom. The van der Waals surface area contributed by atoms with Crippen LogP contribution < -0.4 is 29.7 Å². The van der Waals surface area contributed by atoms with Crippen LogP contribution in [0.2, 0.25) is 0 Å². The summed E-state index contributed by atoms with van der Waals surface area (Å²) in [6.45, 7) is 8.24. The zero-order valence-electron chi connectivity index (χ0n) is 22.9. The number of fused-ring (bicyclic) bond motifs is 1. The molecule has 0 fully saturated rings. The van der Waals surface area contributed by atoms with Crippen LogP contribution in [0.3, 0.4) is 0 Å². The van der Waals surface area contributed by atoms with Gasteiger partial charge < -0.3 is 14.8 Å². The normalized spacial score (nSPS) is 15.0. The second-order valence-corrected chi connectivity index (χ2v) is 10.6. The molecule has 1 N–H and O–H groups in total. The third kappa shape index (κ3) is 5.77. The number of amides is 1. The Morgan fingerprint density at radius 1 is 1.02 bits per heavy atom. The van der Waals surface area contributed by atoms with E-state index in [2.05, 4.69) is 5.32 Å². The summed E-state index contributed by atoms with van der Waals surface area (Å²) in [6, 6.07) is 23.7. The van der Waals surface area contributed by atoms with Crippen molar-refractivity contribution in [3.05, 3.63) is 121 Å². The van der Waals surface area contributed by atoms with E-state index in [-0.39, 0.29) is 17.6 Å². The summed E-state index contributed by atoms with van der Waals surface area (Å²) >= 11 is 1.31. The maximum atomic E-state index is 13.9. The number of benzene rings is 3. The first-order chi connectivity index (χ1) is 19.3. The Labute approximate surface area is 236 Å². The average molecular weight is 554 g/mol. The number of carbonyl (C=O) groups excluding carboxylic acids is 1. The van der Waals surface area contributed by atoms with Crippen LogP contribution in [0.5, 0.6) is 11.5 Å². The highest BCUT2D eigenvalue weighted by molar-refractivity contribution is 7.07. The molecule has 0 unspecified atom stereocenters. The van der Waals surface area contributed by atoms with Gasteiger partial charge in [0, 0.05) is 5.69 Å². The number of thiazole rings is 1. The van der Waals surface area contributed by atoms with Gasteiger partial charge in [0.15, 0.2) is 4.80 Å². The first-order valence-electron chi connectivity index (χ1n) is 13.2. The number of hydrogen-bond acceptors (Lipinski definition) is 6. The predicted octanol–water partition coefficient (Wildman–Crippen LogP) is 5.06. The number of allylic oxidation sites excluding steroid dienone is 1. The standard InChI is InChI=1S/C32H31N3O4S/c1-5-38-25-17-13-23(14-18-25)29-28(30(36)34-24-9-7-6-8-10-24)21(4)33-32-35(29)31(37)27(40-32)19-22-11-15-26(16-12-22)39-20(2)3/h6-20,29H,5H2,1-4H3,(H,34,36)/b27-19-/t29-/m1/s1. The zero-order valence-corrected chi connectivity index (χ0v) is 23.7. The predicted molar refractivity (Wildman–Crippen MR) is 159 cm³/mol. The van der Waals surface area contributed by atoms with Crippen molar-refractivity contribution in [1.82, 2.24) is 4.57 Å². The maximum Gasteiger partial charge on any atom is 0.271 e. The fourth-order valence-electron chi connectivity index (χ4n) is 4.63. The smallest absolute Gasteiger partial charge is 0.271 e. The molecule has 1 aliphatic heterocycles. The molecule has 1 aliphatic rings. The molecule has 0 spiro atoms. The molecule has 8 heteroatoms. The van der Waals surface area contributed by atoms with E-state index in [9.17, 15) is 9.59 Å². The molecule has 0 saturated heterocycles. The lowest BCUT2D eigenvalue weighted by Crippen LogP contribution is -2.40. The summed E-state index contributed by atoms with van der Waals surface area (Å²) in [4.78, 5) is 32.8. The number of aromatic nitrogens is 1. The molecule has 2 heterocycles. The molecule has 40 heavy (non-hydrogen) atoms. The number of para-hydroxylation sites is 1. The van der Waals surface area contributed by atoms with Crippen LogP contribution in [-0.2, 0) is 4.79 Å². The molecule has 1 atom stereocenters. The van der Waals surface area contributed by atoms with Crippen LogP contribution in [0, 0.1) is 0 Å². The largest absolute Gasteiger partial charge is 0.494 e. The van der Waals surface area contributed by atoms with Gasteiger partial charge in [0.25, 0.3) is 11.5 Å². The SMILES string of the molecule is CCOc1ccc([C@@H]2C(C(=O)Nc3ccccc3)=C(C)N=c3s/c(=C\c4ccc(OC(C)C)cc4)c(=O)n32)cc1. The van der Waals surface area contributed by atoms with Crippen molar-refractivity contribution in [2.24, 2.45) is 4.99 Å². The van der Waals surface area contributed by atoms with Gasteiger partial charge in [-0.05, 0) is 81.3 Å². The second-order valence-electron chi connectivity index (χ2n) is 9.64. The summed E-state index contributed by atoms with van der Waals surface area (Å²) in [6.07, 6.45) is 1.93. The summed E-state index contributed by atoms with van der Waals surface area (Å²) in [5.74, 6) is 1.19. The molecule has 5 rings (SSSR count). The molecule has 1 aromatic heterocycles. The Morgan fingerprint density at radius 3 is 2.35 bits per heavy atom. The minimum atomic E-state index is -0.653. The van der Waals surface area contributed by atoms with Gasteiger partial charge in [-0.2, -0.15) is 0 Å². The number of anilines is 1. The number of rotatable bonds is 8. The van der Waals surface area contributed by atoms with E-state index in [4.69, 9.17) is 14.5 Å². The van der Waals surface area contributed by atoms with E-state index in [0.29, 0.717) is 32.9 Å². The Bertz CT molecular complexity index is 1720. The van der Waals surface area contributed by atoms with Gasteiger partial charge in [-0.3, -0.25) is 14.2 Å². The lowest BCUT2D eigenvalue weighted by molar-refractivity contribution is -0.113. The minimum Gasteiger partial charge on any atom is -0.494 e.